The Labute approximate surface area is 218 Å². The highest BCUT2D eigenvalue weighted by Gasteiger charge is 2.23. The molecule has 10 heteroatoms. The van der Waals surface area contributed by atoms with Crippen molar-refractivity contribution in [1.29, 1.82) is 0 Å². The first-order valence-corrected chi connectivity index (χ1v) is 14.7. The summed E-state index contributed by atoms with van der Waals surface area (Å²) in [6, 6.07) is 5.82. The monoisotopic (exact) mass is 523 g/mol. The molecule has 1 amide bonds. The molecular formula is C25H41N5O3S2. The van der Waals surface area contributed by atoms with Crippen LogP contribution in [0.4, 0.5) is 0 Å². The molecule has 0 aliphatic rings. The third-order valence-electron chi connectivity index (χ3n) is 5.35. The van der Waals surface area contributed by atoms with Crippen LogP contribution in [0.5, 0.6) is 0 Å². The lowest BCUT2D eigenvalue weighted by Gasteiger charge is -2.30. The van der Waals surface area contributed by atoms with Crippen LogP contribution >= 0.6 is 21.6 Å². The minimum absolute atomic E-state index is 0.0682. The number of carbonyl (C=O) groups is 1. The van der Waals surface area contributed by atoms with Gasteiger partial charge in [-0.15, -0.1) is 5.10 Å². The van der Waals surface area contributed by atoms with Crippen LogP contribution in [-0.2, 0) is 27.2 Å². The van der Waals surface area contributed by atoms with Crippen molar-refractivity contribution in [2.24, 2.45) is 0 Å². The Morgan fingerprint density at radius 2 is 1.89 bits per heavy atom. The number of nitrogens with zero attached hydrogens (tertiary/aromatic N) is 4. The number of aryl methyl sites for hydroxylation is 1. The van der Waals surface area contributed by atoms with Crippen LogP contribution < -0.4 is 5.32 Å². The molecule has 0 radical (unpaired) electrons. The van der Waals surface area contributed by atoms with E-state index in [4.69, 9.17) is 9.47 Å². The van der Waals surface area contributed by atoms with Gasteiger partial charge < -0.3 is 14.8 Å². The van der Waals surface area contributed by atoms with E-state index in [0.717, 1.165) is 42.2 Å². The summed E-state index contributed by atoms with van der Waals surface area (Å²) in [6.07, 6.45) is 7.81. The van der Waals surface area contributed by atoms with Gasteiger partial charge in [-0.05, 0) is 69.9 Å². The standard InChI is InChI=1S/C25H41N5O3S2/c1-6-9-21-20-30(29-28-21)16-18-33-25(4,5)13-17-32-24(2,3)12-15-26-22(31)11-19-34-35-23-10-7-8-14-27-23/h7-8,10,14,20H,6,9,11-13,15-19H2,1-5H3,(H,26,31). The summed E-state index contributed by atoms with van der Waals surface area (Å²) in [5.41, 5.74) is 0.419. The van der Waals surface area contributed by atoms with Crippen molar-refractivity contribution in [3.63, 3.8) is 0 Å². The predicted molar refractivity (Wildman–Crippen MR) is 143 cm³/mol. The number of amides is 1. The van der Waals surface area contributed by atoms with Crippen LogP contribution in [0.3, 0.4) is 0 Å². The topological polar surface area (TPSA) is 91.2 Å². The SMILES string of the molecule is CCCc1cn(CCOC(C)(C)CCOC(C)(C)CCNC(=O)CCSSc2ccccn2)nn1. The van der Waals surface area contributed by atoms with E-state index >= 15 is 0 Å². The molecule has 0 unspecified atom stereocenters. The Kier molecular flexibility index (Phi) is 13.1. The molecule has 0 saturated heterocycles. The average Bonchev–Trinajstić information content (AvgIpc) is 3.24. The number of hydrogen-bond donors (Lipinski definition) is 1. The zero-order valence-electron chi connectivity index (χ0n) is 21.8. The van der Waals surface area contributed by atoms with Crippen molar-refractivity contribution >= 4 is 27.5 Å². The zero-order chi connectivity index (χ0) is 25.6. The van der Waals surface area contributed by atoms with E-state index in [9.17, 15) is 4.79 Å². The molecular weight excluding hydrogens is 482 g/mol. The lowest BCUT2D eigenvalue weighted by atomic mass is 10.0. The van der Waals surface area contributed by atoms with Gasteiger partial charge in [-0.1, -0.05) is 35.4 Å². The molecule has 2 heterocycles. The smallest absolute Gasteiger partial charge is 0.220 e. The number of ether oxygens (including phenoxy) is 2. The van der Waals surface area contributed by atoms with E-state index in [1.54, 1.807) is 27.8 Å². The Morgan fingerprint density at radius 3 is 2.63 bits per heavy atom. The molecule has 0 aliphatic carbocycles. The lowest BCUT2D eigenvalue weighted by molar-refractivity contribution is -0.121. The van der Waals surface area contributed by atoms with Crippen LogP contribution in [0, 0.1) is 0 Å². The van der Waals surface area contributed by atoms with E-state index in [0.29, 0.717) is 32.7 Å². The Morgan fingerprint density at radius 1 is 1.11 bits per heavy atom. The second-order valence-electron chi connectivity index (χ2n) is 9.61. The highest BCUT2D eigenvalue weighted by Crippen LogP contribution is 2.29. The summed E-state index contributed by atoms with van der Waals surface area (Å²) >= 11 is 0. The number of nitrogens with one attached hydrogen (secondary N) is 1. The van der Waals surface area contributed by atoms with Crippen LogP contribution in [-0.4, -0.2) is 62.6 Å². The number of carbonyl (C=O) groups excluding carboxylic acids is 1. The zero-order valence-corrected chi connectivity index (χ0v) is 23.4. The largest absolute Gasteiger partial charge is 0.375 e. The molecule has 0 bridgehead atoms. The normalized spacial score (nSPS) is 12.1. The second kappa shape index (κ2) is 15.5. The van der Waals surface area contributed by atoms with Crippen molar-refractivity contribution in [3.05, 3.63) is 36.3 Å². The van der Waals surface area contributed by atoms with Crippen LogP contribution in [0.15, 0.2) is 35.6 Å². The van der Waals surface area contributed by atoms with Crippen molar-refractivity contribution in [3.8, 4) is 0 Å². The Bertz CT molecular complexity index is 862. The summed E-state index contributed by atoms with van der Waals surface area (Å²) < 4.78 is 14.0. The van der Waals surface area contributed by atoms with Gasteiger partial charge in [0.05, 0.1) is 36.7 Å². The quantitative estimate of drug-likeness (QED) is 0.217. The van der Waals surface area contributed by atoms with Gasteiger partial charge in [0, 0.05) is 31.1 Å². The molecule has 0 atom stereocenters. The number of pyridine rings is 1. The summed E-state index contributed by atoms with van der Waals surface area (Å²) in [6.45, 7) is 12.9. The first kappa shape index (κ1) is 29.6. The number of hydrogen-bond acceptors (Lipinski definition) is 8. The van der Waals surface area contributed by atoms with Gasteiger partial charge in [-0.25, -0.2) is 9.67 Å². The molecule has 2 aromatic heterocycles. The van der Waals surface area contributed by atoms with Gasteiger partial charge in [0.2, 0.25) is 5.91 Å². The van der Waals surface area contributed by atoms with Crippen LogP contribution in [0.1, 0.15) is 66.0 Å². The maximum atomic E-state index is 12.1. The molecule has 0 aliphatic heterocycles. The second-order valence-corrected chi connectivity index (χ2v) is 12.0. The van der Waals surface area contributed by atoms with Crippen LogP contribution in [0.2, 0.25) is 0 Å². The third-order valence-corrected chi connectivity index (χ3v) is 7.61. The van der Waals surface area contributed by atoms with Crippen LogP contribution in [0.25, 0.3) is 0 Å². The van der Waals surface area contributed by atoms with Gasteiger partial charge in [0.25, 0.3) is 0 Å². The maximum absolute atomic E-state index is 12.1. The molecule has 0 spiro atoms. The molecule has 196 valence electrons. The van der Waals surface area contributed by atoms with Crippen molar-refractivity contribution in [2.45, 2.75) is 89.5 Å². The minimum atomic E-state index is -0.316. The fourth-order valence-electron chi connectivity index (χ4n) is 3.18. The molecule has 2 rings (SSSR count). The van der Waals surface area contributed by atoms with E-state index in [-0.39, 0.29) is 17.1 Å². The number of rotatable bonds is 18. The fraction of sp³-hybridized carbons (Fsp3) is 0.680. The summed E-state index contributed by atoms with van der Waals surface area (Å²) in [5, 5.41) is 12.3. The van der Waals surface area contributed by atoms with Gasteiger partial charge in [-0.2, -0.15) is 0 Å². The first-order valence-electron chi connectivity index (χ1n) is 12.3. The third kappa shape index (κ3) is 13.3. The highest BCUT2D eigenvalue weighted by atomic mass is 33.1. The Hall–Kier alpha value is -1.62. The molecule has 8 nitrogen and oxygen atoms in total. The first-order chi connectivity index (χ1) is 16.7. The summed E-state index contributed by atoms with van der Waals surface area (Å²) in [4.78, 5) is 16.4. The lowest BCUT2D eigenvalue weighted by Crippen LogP contribution is -2.35. The Balaban J connectivity index is 1.53. The summed E-state index contributed by atoms with van der Waals surface area (Å²) in [5.74, 6) is 0.817. The van der Waals surface area contributed by atoms with E-state index < -0.39 is 0 Å². The van der Waals surface area contributed by atoms with Gasteiger partial charge in [-0.3, -0.25) is 4.79 Å². The highest BCUT2D eigenvalue weighted by molar-refractivity contribution is 8.76. The van der Waals surface area contributed by atoms with Crippen molar-refractivity contribution in [1.82, 2.24) is 25.3 Å². The number of aromatic nitrogens is 4. The minimum Gasteiger partial charge on any atom is -0.375 e. The average molecular weight is 524 g/mol. The van der Waals surface area contributed by atoms with Gasteiger partial charge in [0.15, 0.2) is 0 Å². The van der Waals surface area contributed by atoms with Gasteiger partial charge in [0.1, 0.15) is 5.03 Å². The van der Waals surface area contributed by atoms with Gasteiger partial charge >= 0.3 is 0 Å². The van der Waals surface area contributed by atoms with E-state index in [2.05, 4.69) is 55.2 Å². The molecule has 2 aromatic rings. The molecule has 0 aromatic carbocycles. The predicted octanol–water partition coefficient (Wildman–Crippen LogP) is 4.94. The maximum Gasteiger partial charge on any atom is 0.220 e. The molecule has 0 fully saturated rings. The molecule has 0 saturated carbocycles. The molecule has 35 heavy (non-hydrogen) atoms. The van der Waals surface area contributed by atoms with Crippen molar-refractivity contribution in [2.75, 3.05) is 25.5 Å². The fourth-order valence-corrected chi connectivity index (χ4v) is 5.04. The summed E-state index contributed by atoms with van der Waals surface area (Å²) in [7, 11) is 3.24. The molecule has 1 N–H and O–H groups in total. The van der Waals surface area contributed by atoms with E-state index in [1.807, 2.05) is 29.1 Å². The van der Waals surface area contributed by atoms with E-state index in [1.165, 1.54) is 0 Å². The van der Waals surface area contributed by atoms with Crippen molar-refractivity contribution < 1.29 is 14.3 Å².